The second kappa shape index (κ2) is 9.40. The number of nitrogens with one attached hydrogen (secondary N) is 2. The Bertz CT molecular complexity index is 757. The Kier molecular flexibility index (Phi) is 7.52. The first-order valence-electron chi connectivity index (χ1n) is 7.51. The van der Waals surface area contributed by atoms with Crippen molar-refractivity contribution in [1.82, 2.24) is 9.03 Å². The maximum Gasteiger partial charge on any atom is 0.211 e. The summed E-state index contributed by atoms with van der Waals surface area (Å²) >= 11 is 6.18. The number of carbonyl (C=O) groups is 1. The number of thiophene rings is 1. The topological polar surface area (TPSA) is 61.4 Å². The standard InChI is InChI=1S/C9H14N2OS2.C7H5ClFNO/c1-7-3-4-9(13-7)8-5-6-11(2)14(12)10-8;8-6-3-5(10-4-11)1-2-7(6)9/h3-4,8,10H,5-6H2,1-2H3;1-4H,(H,10,11)/t8-,14?;/m0./s1. The average molecular weight is 404 g/mol. The summed E-state index contributed by atoms with van der Waals surface area (Å²) in [4.78, 5) is 12.5. The molecule has 1 amide bonds. The highest BCUT2D eigenvalue weighted by atomic mass is 35.5. The largest absolute Gasteiger partial charge is 0.329 e. The quantitative estimate of drug-likeness (QED) is 0.768. The molecule has 0 spiro atoms. The number of rotatable bonds is 3. The van der Waals surface area contributed by atoms with E-state index in [1.165, 1.54) is 28.0 Å². The van der Waals surface area contributed by atoms with Crippen molar-refractivity contribution in [2.75, 3.05) is 18.9 Å². The summed E-state index contributed by atoms with van der Waals surface area (Å²) in [5.74, 6) is -0.497. The number of aryl methyl sites for hydroxylation is 1. The minimum Gasteiger partial charge on any atom is -0.329 e. The summed E-state index contributed by atoms with van der Waals surface area (Å²) in [5, 5.41) is 2.34. The summed E-state index contributed by atoms with van der Waals surface area (Å²) in [6, 6.07) is 8.46. The predicted octanol–water partition coefficient (Wildman–Crippen LogP) is 3.65. The van der Waals surface area contributed by atoms with Crippen LogP contribution in [0.5, 0.6) is 0 Å². The summed E-state index contributed by atoms with van der Waals surface area (Å²) in [6.45, 7) is 2.99. The lowest BCUT2D eigenvalue weighted by Gasteiger charge is -2.28. The summed E-state index contributed by atoms with van der Waals surface area (Å²) in [7, 11) is 1.87. The molecule has 0 bridgehead atoms. The third kappa shape index (κ3) is 5.86. The van der Waals surface area contributed by atoms with Crippen LogP contribution in [-0.2, 0) is 16.0 Å². The fourth-order valence-corrected chi connectivity index (χ4v) is 4.32. The van der Waals surface area contributed by atoms with Gasteiger partial charge in [-0.2, -0.15) is 0 Å². The van der Waals surface area contributed by atoms with Gasteiger partial charge in [0.2, 0.25) is 6.41 Å². The van der Waals surface area contributed by atoms with Crippen molar-refractivity contribution >= 4 is 46.2 Å². The third-order valence-corrected chi connectivity index (χ3v) is 6.15. The summed E-state index contributed by atoms with van der Waals surface area (Å²) < 4.78 is 28.9. The van der Waals surface area contributed by atoms with Gasteiger partial charge >= 0.3 is 0 Å². The van der Waals surface area contributed by atoms with Crippen molar-refractivity contribution in [2.45, 2.75) is 19.4 Å². The van der Waals surface area contributed by atoms with Crippen molar-refractivity contribution in [1.29, 1.82) is 0 Å². The minimum absolute atomic E-state index is 0.00292. The van der Waals surface area contributed by atoms with E-state index in [-0.39, 0.29) is 11.1 Å². The Morgan fingerprint density at radius 3 is 2.76 bits per heavy atom. The second-order valence-electron chi connectivity index (χ2n) is 5.40. The van der Waals surface area contributed by atoms with Crippen LogP contribution in [0.25, 0.3) is 0 Å². The molecule has 0 saturated carbocycles. The van der Waals surface area contributed by atoms with Crippen LogP contribution in [0.1, 0.15) is 22.2 Å². The predicted molar refractivity (Wildman–Crippen MR) is 101 cm³/mol. The molecular weight excluding hydrogens is 385 g/mol. The lowest BCUT2D eigenvalue weighted by Crippen LogP contribution is -2.41. The molecule has 1 aromatic carbocycles. The number of hydrogen-bond donors (Lipinski definition) is 2. The van der Waals surface area contributed by atoms with Crippen molar-refractivity contribution in [3.8, 4) is 0 Å². The Labute approximate surface area is 157 Å². The number of halogens is 2. The van der Waals surface area contributed by atoms with Gasteiger partial charge in [-0.1, -0.05) is 11.6 Å². The van der Waals surface area contributed by atoms with E-state index in [9.17, 15) is 13.4 Å². The van der Waals surface area contributed by atoms with Gasteiger partial charge in [-0.15, -0.1) is 11.3 Å². The van der Waals surface area contributed by atoms with Crippen LogP contribution in [0.15, 0.2) is 30.3 Å². The normalized spacial score (nSPS) is 20.5. The number of nitrogens with zero attached hydrogens (tertiary/aromatic N) is 1. The van der Waals surface area contributed by atoms with E-state index in [0.717, 1.165) is 13.0 Å². The molecular formula is C16H19ClFN3O2S2. The SMILES string of the molecule is Cc1ccc([C@@H]2CCN(C)S(=O)N2)s1.O=CNc1ccc(F)c(Cl)c1. The molecule has 1 aliphatic heterocycles. The Balaban J connectivity index is 0.000000186. The molecule has 25 heavy (non-hydrogen) atoms. The molecule has 5 nitrogen and oxygen atoms in total. The smallest absolute Gasteiger partial charge is 0.211 e. The Morgan fingerprint density at radius 1 is 1.44 bits per heavy atom. The molecule has 2 N–H and O–H groups in total. The molecule has 3 rings (SSSR count). The first-order valence-corrected chi connectivity index (χ1v) is 9.81. The molecule has 1 aliphatic rings. The monoisotopic (exact) mass is 403 g/mol. The molecule has 9 heteroatoms. The van der Waals surface area contributed by atoms with Crippen molar-refractivity contribution in [2.24, 2.45) is 0 Å². The van der Waals surface area contributed by atoms with Crippen molar-refractivity contribution in [3.05, 3.63) is 50.9 Å². The molecule has 1 fully saturated rings. The van der Waals surface area contributed by atoms with Crippen LogP contribution in [0.3, 0.4) is 0 Å². The first-order chi connectivity index (χ1) is 11.9. The number of amides is 1. The molecule has 2 aromatic rings. The number of hydrogen-bond acceptors (Lipinski definition) is 3. The van der Waals surface area contributed by atoms with E-state index in [0.29, 0.717) is 12.1 Å². The fraction of sp³-hybridized carbons (Fsp3) is 0.312. The van der Waals surface area contributed by atoms with Crippen LogP contribution in [0, 0.1) is 12.7 Å². The van der Waals surface area contributed by atoms with Crippen molar-refractivity contribution in [3.63, 3.8) is 0 Å². The van der Waals surface area contributed by atoms with Gasteiger partial charge in [-0.25, -0.2) is 17.6 Å². The van der Waals surface area contributed by atoms with Crippen molar-refractivity contribution < 1.29 is 13.4 Å². The Morgan fingerprint density at radius 2 is 2.20 bits per heavy atom. The maximum atomic E-state index is 12.5. The van der Waals surface area contributed by atoms with Gasteiger partial charge in [0.15, 0.2) is 11.2 Å². The number of benzene rings is 1. The third-order valence-electron chi connectivity index (χ3n) is 3.51. The van der Waals surface area contributed by atoms with Gasteiger partial charge in [-0.05, 0) is 43.7 Å². The van der Waals surface area contributed by atoms with Crippen LogP contribution in [-0.4, -0.2) is 28.5 Å². The van der Waals surface area contributed by atoms with Gasteiger partial charge in [0.05, 0.1) is 11.1 Å². The zero-order chi connectivity index (χ0) is 18.4. The molecule has 1 aromatic heterocycles. The van der Waals surface area contributed by atoms with Gasteiger partial charge < -0.3 is 5.32 Å². The molecule has 1 saturated heterocycles. The van der Waals surface area contributed by atoms with E-state index in [4.69, 9.17) is 11.6 Å². The molecule has 2 atom stereocenters. The van der Waals surface area contributed by atoms with E-state index in [1.807, 2.05) is 11.4 Å². The summed E-state index contributed by atoms with van der Waals surface area (Å²) in [6.07, 6.45) is 1.53. The number of carbonyl (C=O) groups excluding carboxylic acids is 1. The van der Waals surface area contributed by atoms with E-state index in [2.05, 4.69) is 29.1 Å². The lowest BCUT2D eigenvalue weighted by molar-refractivity contribution is -0.105. The fourth-order valence-electron chi connectivity index (χ4n) is 2.16. The van der Waals surface area contributed by atoms with E-state index >= 15 is 0 Å². The van der Waals surface area contributed by atoms with E-state index in [1.54, 1.807) is 11.3 Å². The highest BCUT2D eigenvalue weighted by Gasteiger charge is 2.23. The minimum atomic E-state index is -1.02. The van der Waals surface area contributed by atoms with E-state index < -0.39 is 17.0 Å². The molecule has 0 aliphatic carbocycles. The van der Waals surface area contributed by atoms with Crippen LogP contribution in [0.2, 0.25) is 5.02 Å². The van der Waals surface area contributed by atoms with Gasteiger partial charge in [0.25, 0.3) is 0 Å². The zero-order valence-electron chi connectivity index (χ0n) is 13.8. The summed E-state index contributed by atoms with van der Waals surface area (Å²) in [5.41, 5.74) is 0.478. The van der Waals surface area contributed by atoms with Gasteiger partial charge in [-0.3, -0.25) is 4.79 Å². The van der Waals surface area contributed by atoms with Gasteiger partial charge in [0, 0.05) is 29.0 Å². The highest BCUT2D eigenvalue weighted by molar-refractivity contribution is 7.80. The maximum absolute atomic E-state index is 12.5. The lowest BCUT2D eigenvalue weighted by atomic mass is 10.2. The highest BCUT2D eigenvalue weighted by Crippen LogP contribution is 2.27. The molecule has 0 radical (unpaired) electrons. The number of anilines is 1. The molecule has 1 unspecified atom stereocenters. The van der Waals surface area contributed by atoms with Crippen LogP contribution < -0.4 is 10.0 Å². The second-order valence-corrected chi connectivity index (χ2v) is 8.48. The van der Waals surface area contributed by atoms with Crippen LogP contribution in [0.4, 0.5) is 10.1 Å². The first kappa shape index (κ1) is 20.0. The average Bonchev–Trinajstić information content (AvgIpc) is 3.01. The zero-order valence-corrected chi connectivity index (χ0v) is 16.2. The molecule has 2 heterocycles. The Hall–Kier alpha value is -1.32. The molecule has 136 valence electrons. The van der Waals surface area contributed by atoms with Gasteiger partial charge in [0.1, 0.15) is 5.82 Å². The van der Waals surface area contributed by atoms with Crippen LogP contribution >= 0.6 is 22.9 Å².